The second-order valence-electron chi connectivity index (χ2n) is 8.94. The lowest BCUT2D eigenvalue weighted by atomic mass is 10.0. The Morgan fingerprint density at radius 3 is 1.65 bits per heavy atom. The summed E-state index contributed by atoms with van der Waals surface area (Å²) in [7, 11) is 0. The molecule has 0 aromatic rings. The molecule has 1 rings (SSSR count). The average molecular weight is 459 g/mol. The minimum absolute atomic E-state index is 0.0630. The van der Waals surface area contributed by atoms with E-state index in [1.54, 1.807) is 0 Å². The SMILES string of the molecule is FC(F)(F)C(F)(F)CCCCCCCCCCCCCCCOCCC1CCCCO1. The van der Waals surface area contributed by atoms with Gasteiger partial charge in [0, 0.05) is 26.2 Å². The van der Waals surface area contributed by atoms with Gasteiger partial charge in [-0.2, -0.15) is 22.0 Å². The highest BCUT2D eigenvalue weighted by atomic mass is 19.4. The molecule has 0 bridgehead atoms. The standard InChI is InChI=1S/C24H43F5O2/c25-23(26,24(27,28)29)18-13-10-8-6-4-2-1-3-5-7-9-11-14-19-30-21-17-22-16-12-15-20-31-22/h22H,1-21H2. The molecule has 2 nitrogen and oxygen atoms in total. The van der Waals surface area contributed by atoms with E-state index in [2.05, 4.69) is 0 Å². The van der Waals surface area contributed by atoms with Gasteiger partial charge in [-0.3, -0.25) is 0 Å². The van der Waals surface area contributed by atoms with Crippen LogP contribution in [0.2, 0.25) is 0 Å². The molecule has 1 atom stereocenters. The number of ether oxygens (including phenoxy) is 2. The maximum atomic E-state index is 12.8. The van der Waals surface area contributed by atoms with E-state index in [4.69, 9.17) is 9.47 Å². The molecule has 0 aromatic heterocycles. The molecule has 1 heterocycles. The van der Waals surface area contributed by atoms with Gasteiger partial charge in [-0.05, 0) is 38.5 Å². The highest BCUT2D eigenvalue weighted by Crippen LogP contribution is 2.39. The zero-order valence-electron chi connectivity index (χ0n) is 19.1. The summed E-state index contributed by atoms with van der Waals surface area (Å²) >= 11 is 0. The second kappa shape index (κ2) is 17.1. The summed E-state index contributed by atoms with van der Waals surface area (Å²) in [6.45, 7) is 2.56. The second-order valence-corrected chi connectivity index (χ2v) is 8.94. The lowest BCUT2D eigenvalue weighted by molar-refractivity contribution is -0.284. The van der Waals surface area contributed by atoms with Crippen LogP contribution < -0.4 is 0 Å². The van der Waals surface area contributed by atoms with Crippen molar-refractivity contribution in [1.29, 1.82) is 0 Å². The summed E-state index contributed by atoms with van der Waals surface area (Å²) in [4.78, 5) is 0. The topological polar surface area (TPSA) is 18.5 Å². The fourth-order valence-electron chi connectivity index (χ4n) is 3.99. The molecule has 7 heteroatoms. The van der Waals surface area contributed by atoms with Crippen molar-refractivity contribution in [3.8, 4) is 0 Å². The molecule has 186 valence electrons. The molecule has 0 amide bonds. The van der Waals surface area contributed by atoms with Gasteiger partial charge in [0.2, 0.25) is 0 Å². The van der Waals surface area contributed by atoms with Crippen molar-refractivity contribution in [2.75, 3.05) is 19.8 Å². The van der Waals surface area contributed by atoms with E-state index >= 15 is 0 Å². The zero-order valence-corrected chi connectivity index (χ0v) is 19.1. The van der Waals surface area contributed by atoms with Gasteiger partial charge in [-0.15, -0.1) is 0 Å². The maximum absolute atomic E-state index is 12.8. The molecule has 1 saturated heterocycles. The highest BCUT2D eigenvalue weighted by molar-refractivity contribution is 4.75. The first-order valence-electron chi connectivity index (χ1n) is 12.5. The van der Waals surface area contributed by atoms with Gasteiger partial charge >= 0.3 is 12.1 Å². The summed E-state index contributed by atoms with van der Waals surface area (Å²) in [5, 5.41) is 0. The fraction of sp³-hybridized carbons (Fsp3) is 1.00. The van der Waals surface area contributed by atoms with Gasteiger partial charge in [0.05, 0.1) is 6.10 Å². The van der Waals surface area contributed by atoms with E-state index in [0.29, 0.717) is 12.5 Å². The molecule has 0 saturated carbocycles. The van der Waals surface area contributed by atoms with E-state index in [1.807, 2.05) is 0 Å². The highest BCUT2D eigenvalue weighted by Gasteiger charge is 2.56. The van der Waals surface area contributed by atoms with Crippen molar-refractivity contribution in [1.82, 2.24) is 0 Å². The summed E-state index contributed by atoms with van der Waals surface area (Å²) in [5.74, 6) is -4.54. The largest absolute Gasteiger partial charge is 0.453 e. The predicted molar refractivity (Wildman–Crippen MR) is 115 cm³/mol. The number of halogens is 5. The fourth-order valence-corrected chi connectivity index (χ4v) is 3.99. The Balaban J connectivity index is 1.72. The van der Waals surface area contributed by atoms with Crippen molar-refractivity contribution < 1.29 is 31.4 Å². The van der Waals surface area contributed by atoms with Gasteiger partial charge in [0.1, 0.15) is 0 Å². The smallest absolute Gasteiger partial charge is 0.381 e. The minimum atomic E-state index is -5.41. The quantitative estimate of drug-likeness (QED) is 0.142. The molecular formula is C24H43F5O2. The molecule has 1 aliphatic rings. The predicted octanol–water partition coefficient (Wildman–Crippen LogP) is 8.62. The Kier molecular flexibility index (Phi) is 15.8. The Morgan fingerprint density at radius 1 is 0.645 bits per heavy atom. The first kappa shape index (κ1) is 28.6. The zero-order chi connectivity index (χ0) is 22.8. The van der Waals surface area contributed by atoms with E-state index in [0.717, 1.165) is 58.3 Å². The molecular weight excluding hydrogens is 415 g/mol. The van der Waals surface area contributed by atoms with E-state index in [1.165, 1.54) is 57.8 Å². The average Bonchev–Trinajstić information content (AvgIpc) is 2.72. The molecule has 0 spiro atoms. The van der Waals surface area contributed by atoms with E-state index < -0.39 is 18.5 Å². The number of unbranched alkanes of at least 4 members (excludes halogenated alkanes) is 12. The lowest BCUT2D eigenvalue weighted by Gasteiger charge is -2.22. The summed E-state index contributed by atoms with van der Waals surface area (Å²) in [5.41, 5.74) is 0. The van der Waals surface area contributed by atoms with Crippen molar-refractivity contribution >= 4 is 0 Å². The van der Waals surface area contributed by atoms with Crippen LogP contribution in [0.3, 0.4) is 0 Å². The number of hydrogen-bond donors (Lipinski definition) is 0. The third-order valence-electron chi connectivity index (χ3n) is 6.05. The van der Waals surface area contributed by atoms with Gasteiger partial charge in [0.15, 0.2) is 0 Å². The molecule has 1 unspecified atom stereocenters. The Hall–Kier alpha value is -0.430. The van der Waals surface area contributed by atoms with Crippen molar-refractivity contribution in [2.45, 2.75) is 134 Å². The molecule has 0 aromatic carbocycles. The van der Waals surface area contributed by atoms with Crippen LogP contribution in [0.4, 0.5) is 22.0 Å². The van der Waals surface area contributed by atoms with Gasteiger partial charge in [-0.1, -0.05) is 70.6 Å². The van der Waals surface area contributed by atoms with Crippen LogP contribution in [0.1, 0.15) is 116 Å². The summed E-state index contributed by atoms with van der Waals surface area (Å²) < 4.78 is 73.0. The Labute approximate surface area is 185 Å². The molecule has 0 N–H and O–H groups in total. The van der Waals surface area contributed by atoms with Crippen molar-refractivity contribution in [3.63, 3.8) is 0 Å². The van der Waals surface area contributed by atoms with Crippen molar-refractivity contribution in [3.05, 3.63) is 0 Å². The minimum Gasteiger partial charge on any atom is -0.381 e. The van der Waals surface area contributed by atoms with Crippen LogP contribution in [0.5, 0.6) is 0 Å². The van der Waals surface area contributed by atoms with Gasteiger partial charge < -0.3 is 9.47 Å². The Bertz CT molecular complexity index is 409. The van der Waals surface area contributed by atoms with Crippen LogP contribution >= 0.6 is 0 Å². The third kappa shape index (κ3) is 15.1. The lowest BCUT2D eigenvalue weighted by Crippen LogP contribution is -2.36. The number of hydrogen-bond acceptors (Lipinski definition) is 2. The molecule has 1 aliphatic heterocycles. The molecule has 0 radical (unpaired) electrons. The molecule has 31 heavy (non-hydrogen) atoms. The van der Waals surface area contributed by atoms with Gasteiger partial charge in [0.25, 0.3) is 0 Å². The monoisotopic (exact) mass is 458 g/mol. The van der Waals surface area contributed by atoms with Crippen LogP contribution in [0.25, 0.3) is 0 Å². The first-order valence-corrected chi connectivity index (χ1v) is 12.5. The van der Waals surface area contributed by atoms with E-state index in [-0.39, 0.29) is 6.42 Å². The van der Waals surface area contributed by atoms with Crippen LogP contribution in [0, 0.1) is 0 Å². The van der Waals surface area contributed by atoms with Crippen LogP contribution in [0.15, 0.2) is 0 Å². The Morgan fingerprint density at radius 2 is 1.16 bits per heavy atom. The molecule has 1 fully saturated rings. The van der Waals surface area contributed by atoms with Crippen LogP contribution in [-0.2, 0) is 9.47 Å². The number of alkyl halides is 5. The molecule has 0 aliphatic carbocycles. The van der Waals surface area contributed by atoms with Crippen LogP contribution in [-0.4, -0.2) is 38.0 Å². The van der Waals surface area contributed by atoms with Crippen molar-refractivity contribution in [2.24, 2.45) is 0 Å². The summed E-state index contributed by atoms with van der Waals surface area (Å²) in [6.07, 6.45) is 11.3. The van der Waals surface area contributed by atoms with Gasteiger partial charge in [-0.25, -0.2) is 0 Å². The normalized spacial score (nSPS) is 17.9. The first-order chi connectivity index (χ1) is 14.8. The maximum Gasteiger partial charge on any atom is 0.453 e. The third-order valence-corrected chi connectivity index (χ3v) is 6.05. The van der Waals surface area contributed by atoms with E-state index in [9.17, 15) is 22.0 Å². The summed E-state index contributed by atoms with van der Waals surface area (Å²) in [6, 6.07) is 0. The number of rotatable bonds is 19.